The summed E-state index contributed by atoms with van der Waals surface area (Å²) in [4.78, 5) is 50.2. The predicted octanol–water partition coefficient (Wildman–Crippen LogP) is 1.72. The number of likely N-dealkylation sites (N-methyl/N-ethyl adjacent to an activating group) is 2. The molecule has 0 radical (unpaired) electrons. The molecular formula is C31H34F3N7O6. The Balaban J connectivity index is 0.00000192. The molecule has 3 aromatic rings. The number of hydrogen-bond donors (Lipinski definition) is 1. The van der Waals surface area contributed by atoms with Gasteiger partial charge in [0.25, 0.3) is 5.91 Å². The molecule has 4 rings (SSSR count). The lowest BCUT2D eigenvalue weighted by atomic mass is 9.89. The normalized spacial score (nSPS) is 14.4. The number of aromatic nitrogens is 3. The van der Waals surface area contributed by atoms with Crippen LogP contribution in [0.3, 0.4) is 0 Å². The van der Waals surface area contributed by atoms with E-state index in [-0.39, 0.29) is 35.4 Å². The van der Waals surface area contributed by atoms with E-state index in [0.29, 0.717) is 34.1 Å². The molecule has 2 heterocycles. The van der Waals surface area contributed by atoms with Crippen molar-refractivity contribution in [2.24, 2.45) is 0 Å². The molecule has 16 heteroatoms. The maximum Gasteiger partial charge on any atom is 0.416 e. The predicted molar refractivity (Wildman–Crippen MR) is 161 cm³/mol. The van der Waals surface area contributed by atoms with Crippen molar-refractivity contribution >= 4 is 30.0 Å². The van der Waals surface area contributed by atoms with Gasteiger partial charge >= 0.3 is 17.8 Å². The van der Waals surface area contributed by atoms with Crippen molar-refractivity contribution in [3.05, 3.63) is 86.5 Å². The van der Waals surface area contributed by atoms with Gasteiger partial charge in [-0.15, -0.1) is 5.10 Å². The van der Waals surface area contributed by atoms with Crippen LogP contribution in [0.4, 0.5) is 24.8 Å². The average molecular weight is 658 g/mol. The summed E-state index contributed by atoms with van der Waals surface area (Å²) in [6, 6.07) is 10.4. The number of esters is 1. The standard InChI is InChI=1S/C30H32F3N7O4.CH2O2/c1-18-25(27(42)44-6)26(23-11-10-19(16-34)14-20(23)12-13-40(4,5)17-24(41)37(2)3)39-28(35-36-29(39)43)38(18)22-9-7-8-21(15-22)30(31,32)33;2-1-3/h7-11,14-15,26H,12-13,17H2,1-6H3;1H,(H,2,3)/t26-;/m1./s1. The Bertz CT molecular complexity index is 1790. The molecule has 0 saturated carbocycles. The maximum absolute atomic E-state index is 13.6. The number of benzene rings is 2. The number of fused-ring (bicyclic) bond motifs is 1. The topological polar surface area (TPSA) is 164 Å². The molecule has 0 unspecified atom stereocenters. The summed E-state index contributed by atoms with van der Waals surface area (Å²) in [5.74, 6) is -0.900. The minimum atomic E-state index is -4.64. The highest BCUT2D eigenvalue weighted by Gasteiger charge is 2.41. The van der Waals surface area contributed by atoms with E-state index in [1.165, 1.54) is 33.6 Å². The first-order valence-electron chi connectivity index (χ1n) is 14.0. The van der Waals surface area contributed by atoms with Gasteiger partial charge in [-0.25, -0.2) is 19.3 Å². The average Bonchev–Trinajstić information content (AvgIpc) is 3.39. The van der Waals surface area contributed by atoms with Gasteiger partial charge in [0, 0.05) is 38.4 Å². The molecule has 13 nitrogen and oxygen atoms in total. The molecule has 0 bridgehead atoms. The second-order valence-electron chi connectivity index (χ2n) is 11.5. The van der Waals surface area contributed by atoms with Crippen LogP contribution in [0.15, 0.2) is 58.5 Å². The number of quaternary nitrogens is 1. The Kier molecular flexibility index (Phi) is 11.0. The number of ether oxygens (including phenoxy) is 1. The van der Waals surface area contributed by atoms with Crippen LogP contribution in [0, 0.1) is 11.3 Å². The van der Waals surface area contributed by atoms with E-state index < -0.39 is 35.9 Å². The molecule has 1 atom stereocenters. The SMILES string of the molecule is COC(=O)C1=C(C)N(c2cccc(C(F)(F)F)c2)c2n[nH]c(=O)n2[C@@H]1c1ccc(C#N)cc1CC[N+](C)(C)CC(=O)N(C)C.O=C[O-]. The summed E-state index contributed by atoms with van der Waals surface area (Å²) in [6.07, 6.45) is -4.27. The fourth-order valence-corrected chi connectivity index (χ4v) is 5.25. The minimum absolute atomic E-state index is 0.00315. The molecule has 0 aliphatic carbocycles. The number of halogens is 3. The molecule has 47 heavy (non-hydrogen) atoms. The number of alkyl halides is 3. The Labute approximate surface area is 268 Å². The van der Waals surface area contributed by atoms with Crippen LogP contribution in [0.2, 0.25) is 0 Å². The van der Waals surface area contributed by atoms with Gasteiger partial charge < -0.3 is 24.0 Å². The van der Waals surface area contributed by atoms with Crippen LogP contribution >= 0.6 is 0 Å². The summed E-state index contributed by atoms with van der Waals surface area (Å²) in [5.41, 5.74) is 0.0891. The number of amides is 1. The van der Waals surface area contributed by atoms with Gasteiger partial charge in [-0.3, -0.25) is 9.69 Å². The minimum Gasteiger partial charge on any atom is -0.554 e. The first-order chi connectivity index (χ1) is 22.0. The number of nitriles is 1. The number of hydrogen-bond acceptors (Lipinski definition) is 9. The van der Waals surface area contributed by atoms with Gasteiger partial charge in [-0.1, -0.05) is 12.1 Å². The smallest absolute Gasteiger partial charge is 0.416 e. The highest BCUT2D eigenvalue weighted by Crippen LogP contribution is 2.43. The van der Waals surface area contributed by atoms with E-state index >= 15 is 0 Å². The maximum atomic E-state index is 13.6. The largest absolute Gasteiger partial charge is 0.554 e. The monoisotopic (exact) mass is 657 g/mol. The fraction of sp³-hybridized carbons (Fsp3) is 0.355. The van der Waals surface area contributed by atoms with Gasteiger partial charge in [0.05, 0.1) is 50.5 Å². The fourth-order valence-electron chi connectivity index (χ4n) is 5.25. The van der Waals surface area contributed by atoms with E-state index in [4.69, 9.17) is 14.6 Å². The third-order valence-electron chi connectivity index (χ3n) is 7.59. The number of carbonyl (C=O) groups is 3. The third kappa shape index (κ3) is 7.87. The van der Waals surface area contributed by atoms with E-state index in [2.05, 4.69) is 16.3 Å². The lowest BCUT2D eigenvalue weighted by Gasteiger charge is -2.36. The molecule has 0 saturated heterocycles. The first-order valence-corrected chi connectivity index (χ1v) is 14.0. The number of rotatable bonds is 8. The zero-order valence-corrected chi connectivity index (χ0v) is 26.6. The molecule has 250 valence electrons. The van der Waals surface area contributed by atoms with Gasteiger partial charge in [0.2, 0.25) is 5.95 Å². The van der Waals surface area contributed by atoms with Crippen molar-refractivity contribution in [1.29, 1.82) is 5.26 Å². The molecule has 0 spiro atoms. The van der Waals surface area contributed by atoms with E-state index in [1.807, 2.05) is 14.1 Å². The first kappa shape index (κ1) is 36.0. The molecule has 1 amide bonds. The summed E-state index contributed by atoms with van der Waals surface area (Å²) in [6.45, 7) is 1.72. The van der Waals surface area contributed by atoms with Crippen LogP contribution < -0.4 is 15.7 Å². The molecule has 1 aliphatic heterocycles. The van der Waals surface area contributed by atoms with Crippen molar-refractivity contribution in [2.45, 2.75) is 25.6 Å². The van der Waals surface area contributed by atoms with E-state index in [0.717, 1.165) is 12.1 Å². The number of nitrogens with zero attached hydrogens (tertiary/aromatic N) is 6. The van der Waals surface area contributed by atoms with E-state index in [1.54, 1.807) is 39.2 Å². The van der Waals surface area contributed by atoms with E-state index in [9.17, 15) is 32.8 Å². The van der Waals surface area contributed by atoms with Crippen LogP contribution in [0.25, 0.3) is 0 Å². The molecule has 1 N–H and O–H groups in total. The number of nitrogens with one attached hydrogen (secondary N) is 1. The second-order valence-corrected chi connectivity index (χ2v) is 11.5. The Morgan fingerprint density at radius 3 is 2.45 bits per heavy atom. The van der Waals surface area contributed by atoms with Crippen molar-refractivity contribution in [2.75, 3.05) is 53.3 Å². The van der Waals surface area contributed by atoms with Gasteiger partial charge in [0.1, 0.15) is 6.04 Å². The second kappa shape index (κ2) is 14.3. The Morgan fingerprint density at radius 1 is 1.21 bits per heavy atom. The lowest BCUT2D eigenvalue weighted by molar-refractivity contribution is -0.882. The number of carboxylic acid groups (broad SMARTS) is 1. The number of allylic oxidation sites excluding steroid dienone is 1. The van der Waals surface area contributed by atoms with Crippen LogP contribution in [-0.2, 0) is 31.7 Å². The van der Waals surface area contributed by atoms with Crippen LogP contribution in [0.1, 0.15) is 35.2 Å². The quantitative estimate of drug-likeness (QED) is 0.216. The number of anilines is 2. The molecule has 2 aromatic carbocycles. The van der Waals surface area contributed by atoms with Crippen molar-refractivity contribution in [3.8, 4) is 6.07 Å². The summed E-state index contributed by atoms with van der Waals surface area (Å²) >= 11 is 0. The molecular weight excluding hydrogens is 623 g/mol. The van der Waals surface area contributed by atoms with Crippen molar-refractivity contribution in [1.82, 2.24) is 19.7 Å². The Morgan fingerprint density at radius 2 is 1.87 bits per heavy atom. The highest BCUT2D eigenvalue weighted by atomic mass is 19.4. The van der Waals surface area contributed by atoms with Crippen molar-refractivity contribution < 1.29 is 41.9 Å². The summed E-state index contributed by atoms with van der Waals surface area (Å²) in [7, 11) is 8.30. The zero-order chi connectivity index (χ0) is 35.3. The molecule has 1 aliphatic rings. The third-order valence-corrected chi connectivity index (χ3v) is 7.59. The highest BCUT2D eigenvalue weighted by molar-refractivity contribution is 5.93. The number of H-pyrrole nitrogens is 1. The summed E-state index contributed by atoms with van der Waals surface area (Å²) in [5, 5.41) is 24.4. The lowest BCUT2D eigenvalue weighted by Crippen LogP contribution is -2.48. The Hall–Kier alpha value is -5.43. The molecule has 0 fully saturated rings. The van der Waals surface area contributed by atoms with Gasteiger partial charge in [0.15, 0.2) is 6.54 Å². The van der Waals surface area contributed by atoms with Crippen LogP contribution in [-0.4, -0.2) is 90.9 Å². The van der Waals surface area contributed by atoms with Crippen molar-refractivity contribution in [3.63, 3.8) is 0 Å². The van der Waals surface area contributed by atoms with Crippen LogP contribution in [0.5, 0.6) is 0 Å². The number of carbonyl (C=O) groups excluding carboxylic acids is 3. The summed E-state index contributed by atoms with van der Waals surface area (Å²) < 4.78 is 47.5. The van der Waals surface area contributed by atoms with Gasteiger partial charge in [-0.05, 0) is 48.4 Å². The number of methoxy groups -OCH3 is 1. The molecule has 1 aromatic heterocycles. The zero-order valence-electron chi connectivity index (χ0n) is 26.6. The van der Waals surface area contributed by atoms with Gasteiger partial charge in [-0.2, -0.15) is 18.4 Å². The number of aromatic amines is 1.